The van der Waals surface area contributed by atoms with Gasteiger partial charge in [0.1, 0.15) is 11.5 Å². The number of rotatable bonds is 3. The first-order chi connectivity index (χ1) is 9.72. The molecule has 0 aliphatic rings. The molecule has 0 saturated heterocycles. The van der Waals surface area contributed by atoms with Crippen molar-refractivity contribution >= 4 is 27.5 Å². The number of benzene rings is 1. The Hall–Kier alpha value is -1.79. The Morgan fingerprint density at radius 1 is 1.10 bits per heavy atom. The van der Waals surface area contributed by atoms with Crippen molar-refractivity contribution in [2.45, 2.75) is 25.7 Å². The van der Waals surface area contributed by atoms with Gasteiger partial charge in [0.2, 0.25) is 0 Å². The van der Waals surface area contributed by atoms with E-state index in [0.29, 0.717) is 22.1 Å². The van der Waals surface area contributed by atoms with Crippen LogP contribution >= 0.6 is 11.6 Å². The Morgan fingerprint density at radius 2 is 1.67 bits per heavy atom. The summed E-state index contributed by atoms with van der Waals surface area (Å²) < 4.78 is 31.7. The monoisotopic (exact) mass is 327 g/mol. The van der Waals surface area contributed by atoms with E-state index >= 15 is 0 Å². The molecule has 7 heteroatoms. The molecule has 1 amide bonds. The summed E-state index contributed by atoms with van der Waals surface area (Å²) in [5.74, 6) is 0.257. The van der Waals surface area contributed by atoms with Crippen LogP contribution < -0.4 is 4.72 Å². The van der Waals surface area contributed by atoms with Gasteiger partial charge in [-0.2, -0.15) is 0 Å². The molecule has 1 N–H and O–H groups in total. The van der Waals surface area contributed by atoms with Crippen LogP contribution in [0.4, 0.5) is 0 Å². The summed E-state index contributed by atoms with van der Waals surface area (Å²) in [6, 6.07) is 5.55. The van der Waals surface area contributed by atoms with Crippen LogP contribution in [0.3, 0.4) is 0 Å². The van der Waals surface area contributed by atoms with Gasteiger partial charge in [-0.1, -0.05) is 11.6 Å². The number of amides is 1. The van der Waals surface area contributed by atoms with Crippen molar-refractivity contribution in [1.82, 2.24) is 4.72 Å². The van der Waals surface area contributed by atoms with E-state index in [9.17, 15) is 13.2 Å². The maximum absolute atomic E-state index is 12.2. The molecular formula is C14H14ClNO4S. The van der Waals surface area contributed by atoms with Crippen molar-refractivity contribution in [3.8, 4) is 0 Å². The van der Waals surface area contributed by atoms with Crippen molar-refractivity contribution in [1.29, 1.82) is 0 Å². The Bertz CT molecular complexity index is 791. The van der Waals surface area contributed by atoms with Gasteiger partial charge < -0.3 is 4.42 Å². The Labute approximate surface area is 128 Å². The molecule has 5 nitrogen and oxygen atoms in total. The van der Waals surface area contributed by atoms with Gasteiger partial charge in [0.05, 0.1) is 10.5 Å². The van der Waals surface area contributed by atoms with E-state index in [0.717, 1.165) is 0 Å². The predicted octanol–water partition coefficient (Wildman–Crippen LogP) is 2.98. The SMILES string of the molecule is Cc1oc(C)c(C(=O)NS(=O)(=O)c2ccc(Cl)cc2)c1C. The van der Waals surface area contributed by atoms with E-state index in [1.54, 1.807) is 20.8 Å². The molecule has 21 heavy (non-hydrogen) atoms. The highest BCUT2D eigenvalue weighted by Gasteiger charge is 2.24. The molecule has 0 aliphatic carbocycles. The lowest BCUT2D eigenvalue weighted by molar-refractivity contribution is 0.0979. The minimum absolute atomic E-state index is 0.0317. The van der Waals surface area contributed by atoms with Crippen LogP contribution in [0.25, 0.3) is 0 Å². The molecule has 0 unspecified atom stereocenters. The van der Waals surface area contributed by atoms with Crippen LogP contribution in [0.5, 0.6) is 0 Å². The molecule has 0 fully saturated rings. The van der Waals surface area contributed by atoms with Gasteiger partial charge in [0, 0.05) is 10.6 Å². The third-order valence-corrected chi connectivity index (χ3v) is 4.74. The molecule has 0 aliphatic heterocycles. The van der Waals surface area contributed by atoms with Crippen molar-refractivity contribution in [2.75, 3.05) is 0 Å². The first-order valence-electron chi connectivity index (χ1n) is 6.11. The van der Waals surface area contributed by atoms with Gasteiger partial charge in [0.25, 0.3) is 15.9 Å². The third-order valence-electron chi connectivity index (χ3n) is 3.14. The van der Waals surface area contributed by atoms with Gasteiger partial charge >= 0.3 is 0 Å². The van der Waals surface area contributed by atoms with Crippen LogP contribution in [0.15, 0.2) is 33.6 Å². The van der Waals surface area contributed by atoms with E-state index in [1.807, 2.05) is 4.72 Å². The Kier molecular flexibility index (Phi) is 4.11. The standard InChI is InChI=1S/C14H14ClNO4S/c1-8-9(2)20-10(3)13(8)14(17)16-21(18,19)12-6-4-11(15)5-7-12/h4-7H,1-3H3,(H,16,17). The molecule has 0 bridgehead atoms. The maximum Gasteiger partial charge on any atom is 0.268 e. The summed E-state index contributed by atoms with van der Waals surface area (Å²) in [7, 11) is -3.95. The van der Waals surface area contributed by atoms with E-state index in [4.69, 9.17) is 16.0 Å². The van der Waals surface area contributed by atoms with Crippen molar-refractivity contribution in [3.63, 3.8) is 0 Å². The number of hydrogen-bond donors (Lipinski definition) is 1. The number of aryl methyl sites for hydroxylation is 2. The van der Waals surface area contributed by atoms with Gasteiger partial charge in [-0.05, 0) is 45.0 Å². The molecular weight excluding hydrogens is 314 g/mol. The number of carbonyl (C=O) groups excluding carboxylic acids is 1. The molecule has 0 radical (unpaired) electrons. The van der Waals surface area contributed by atoms with E-state index in [2.05, 4.69) is 0 Å². The molecule has 0 atom stereocenters. The van der Waals surface area contributed by atoms with Gasteiger partial charge in [-0.3, -0.25) is 4.79 Å². The lowest BCUT2D eigenvalue weighted by Gasteiger charge is -2.07. The highest BCUT2D eigenvalue weighted by atomic mass is 35.5. The Morgan fingerprint density at radius 3 is 2.14 bits per heavy atom. The first kappa shape index (κ1) is 15.6. The van der Waals surface area contributed by atoms with Crippen LogP contribution in [0.2, 0.25) is 5.02 Å². The fraction of sp³-hybridized carbons (Fsp3) is 0.214. The number of halogens is 1. The average molecular weight is 328 g/mol. The van der Waals surface area contributed by atoms with Gasteiger partial charge in [-0.25, -0.2) is 13.1 Å². The van der Waals surface area contributed by atoms with Crippen molar-refractivity contribution in [3.05, 3.63) is 51.9 Å². The molecule has 1 aromatic carbocycles. The fourth-order valence-electron chi connectivity index (χ4n) is 1.97. The number of furan rings is 1. The molecule has 1 heterocycles. The molecule has 2 aromatic rings. The van der Waals surface area contributed by atoms with Crippen LogP contribution in [-0.4, -0.2) is 14.3 Å². The summed E-state index contributed by atoms with van der Waals surface area (Å²) in [6.45, 7) is 5.03. The van der Waals surface area contributed by atoms with Crippen molar-refractivity contribution < 1.29 is 17.6 Å². The van der Waals surface area contributed by atoms with Gasteiger partial charge in [-0.15, -0.1) is 0 Å². The topological polar surface area (TPSA) is 76.4 Å². The number of sulfonamides is 1. The minimum Gasteiger partial charge on any atom is -0.466 e. The van der Waals surface area contributed by atoms with Gasteiger partial charge in [0.15, 0.2) is 0 Å². The lowest BCUT2D eigenvalue weighted by Crippen LogP contribution is -2.31. The molecule has 112 valence electrons. The van der Waals surface area contributed by atoms with Crippen LogP contribution in [0.1, 0.15) is 27.4 Å². The highest BCUT2D eigenvalue weighted by Crippen LogP contribution is 2.21. The molecule has 1 aromatic heterocycles. The zero-order chi connectivity index (χ0) is 15.8. The van der Waals surface area contributed by atoms with E-state index in [-0.39, 0.29) is 10.5 Å². The first-order valence-corrected chi connectivity index (χ1v) is 7.98. The summed E-state index contributed by atoms with van der Waals surface area (Å²) in [5, 5.41) is 0.414. The normalized spacial score (nSPS) is 11.4. The quantitative estimate of drug-likeness (QED) is 0.940. The number of carbonyl (C=O) groups is 1. The van der Waals surface area contributed by atoms with Crippen LogP contribution in [0, 0.1) is 20.8 Å². The molecule has 0 saturated carbocycles. The molecule has 2 rings (SSSR count). The van der Waals surface area contributed by atoms with Crippen molar-refractivity contribution in [2.24, 2.45) is 0 Å². The van der Waals surface area contributed by atoms with E-state index < -0.39 is 15.9 Å². The number of hydrogen-bond acceptors (Lipinski definition) is 4. The van der Waals surface area contributed by atoms with Crippen LogP contribution in [-0.2, 0) is 10.0 Å². The summed E-state index contributed by atoms with van der Waals surface area (Å²) in [4.78, 5) is 12.1. The lowest BCUT2D eigenvalue weighted by atomic mass is 10.1. The smallest absolute Gasteiger partial charge is 0.268 e. The predicted molar refractivity (Wildman–Crippen MR) is 79.0 cm³/mol. The zero-order valence-electron chi connectivity index (χ0n) is 11.7. The second-order valence-corrected chi connectivity index (χ2v) is 6.72. The number of nitrogens with one attached hydrogen (secondary N) is 1. The highest BCUT2D eigenvalue weighted by molar-refractivity contribution is 7.90. The third kappa shape index (κ3) is 3.11. The second-order valence-electron chi connectivity index (χ2n) is 4.60. The summed E-state index contributed by atoms with van der Waals surface area (Å²) in [5.41, 5.74) is 0.862. The fourth-order valence-corrected chi connectivity index (χ4v) is 3.06. The Balaban J connectivity index is 2.32. The van der Waals surface area contributed by atoms with E-state index in [1.165, 1.54) is 24.3 Å². The minimum atomic E-state index is -3.95. The molecule has 0 spiro atoms. The zero-order valence-corrected chi connectivity index (χ0v) is 13.3. The summed E-state index contributed by atoms with van der Waals surface area (Å²) in [6.07, 6.45) is 0. The second kappa shape index (κ2) is 5.54. The largest absolute Gasteiger partial charge is 0.466 e. The maximum atomic E-state index is 12.2. The summed E-state index contributed by atoms with van der Waals surface area (Å²) >= 11 is 5.71. The average Bonchev–Trinajstić information content (AvgIpc) is 2.63.